The third-order valence-electron chi connectivity index (χ3n) is 4.17. The van der Waals surface area contributed by atoms with Gasteiger partial charge < -0.3 is 10.6 Å². The van der Waals surface area contributed by atoms with Crippen molar-refractivity contribution in [3.8, 4) is 0 Å². The van der Waals surface area contributed by atoms with Gasteiger partial charge in [-0.15, -0.1) is 10.2 Å². The van der Waals surface area contributed by atoms with Gasteiger partial charge in [-0.2, -0.15) is 0 Å². The van der Waals surface area contributed by atoms with Gasteiger partial charge >= 0.3 is 0 Å². The zero-order valence-electron chi connectivity index (χ0n) is 15.9. The first-order valence-electron chi connectivity index (χ1n) is 9.21. The second kappa shape index (κ2) is 9.88. The lowest BCUT2D eigenvalue weighted by Crippen LogP contribution is -2.22. The quantitative estimate of drug-likeness (QED) is 0.588. The molecule has 150 valence electrons. The smallest absolute Gasteiger partial charge is 0.286 e. The van der Waals surface area contributed by atoms with E-state index in [2.05, 4.69) is 20.8 Å². The molecule has 0 saturated carbocycles. The summed E-state index contributed by atoms with van der Waals surface area (Å²) in [5.74, 6) is -0.685. The zero-order valence-corrected chi connectivity index (χ0v) is 16.8. The largest absolute Gasteiger partial charge is 0.352 e. The average Bonchev–Trinajstić information content (AvgIpc) is 3.18. The molecule has 3 aromatic rings. The van der Waals surface area contributed by atoms with Gasteiger partial charge in [0.2, 0.25) is 10.9 Å². The Kier molecular flexibility index (Phi) is 7.02. The number of carbonyl (C=O) groups is 2. The Hall–Kier alpha value is -3.13. The molecule has 1 heterocycles. The van der Waals surface area contributed by atoms with Crippen molar-refractivity contribution in [1.82, 2.24) is 15.5 Å². The monoisotopic (exact) mass is 412 g/mol. The van der Waals surface area contributed by atoms with Crippen LogP contribution < -0.4 is 10.6 Å². The predicted molar refractivity (Wildman–Crippen MR) is 110 cm³/mol. The molecule has 2 N–H and O–H groups in total. The molecule has 2 amide bonds. The molecule has 0 fully saturated rings. The molecule has 2 aromatic carbocycles. The fourth-order valence-corrected chi connectivity index (χ4v) is 3.34. The van der Waals surface area contributed by atoms with Crippen LogP contribution in [-0.4, -0.2) is 22.0 Å². The lowest BCUT2D eigenvalue weighted by atomic mass is 10.2. The van der Waals surface area contributed by atoms with Crippen LogP contribution >= 0.6 is 11.3 Å². The fourth-order valence-electron chi connectivity index (χ4n) is 2.56. The van der Waals surface area contributed by atoms with E-state index in [-0.39, 0.29) is 17.6 Å². The van der Waals surface area contributed by atoms with Crippen LogP contribution in [0.1, 0.15) is 38.8 Å². The maximum absolute atomic E-state index is 12.9. The van der Waals surface area contributed by atoms with Crippen LogP contribution in [0.2, 0.25) is 0 Å². The van der Waals surface area contributed by atoms with Gasteiger partial charge in [-0.3, -0.25) is 9.59 Å². The predicted octanol–water partition coefficient (Wildman–Crippen LogP) is 3.88. The van der Waals surface area contributed by atoms with Gasteiger partial charge in [0.15, 0.2) is 0 Å². The lowest BCUT2D eigenvalue weighted by Gasteiger charge is -2.04. The number of benzene rings is 2. The number of rotatable bonds is 8. The first kappa shape index (κ1) is 20.6. The Morgan fingerprint density at radius 1 is 1.03 bits per heavy atom. The van der Waals surface area contributed by atoms with Crippen LogP contribution in [0, 0.1) is 12.7 Å². The van der Waals surface area contributed by atoms with Crippen LogP contribution in [0.3, 0.4) is 0 Å². The van der Waals surface area contributed by atoms with Crippen LogP contribution in [0.4, 0.5) is 10.1 Å². The number of aryl methyl sites for hydroxylation is 2. The molecule has 0 radical (unpaired) electrons. The molecule has 1 aromatic heterocycles. The topological polar surface area (TPSA) is 84.0 Å². The Labute approximate surface area is 172 Å². The van der Waals surface area contributed by atoms with Crippen molar-refractivity contribution in [3.63, 3.8) is 0 Å². The van der Waals surface area contributed by atoms with Crippen molar-refractivity contribution in [2.24, 2.45) is 0 Å². The number of carbonyl (C=O) groups excluding carboxylic acids is 2. The van der Waals surface area contributed by atoms with Crippen LogP contribution in [0.25, 0.3) is 0 Å². The summed E-state index contributed by atoms with van der Waals surface area (Å²) in [6.07, 6.45) is 1.51. The molecule has 0 aliphatic carbocycles. The lowest BCUT2D eigenvalue weighted by molar-refractivity contribution is -0.121. The highest BCUT2D eigenvalue weighted by atomic mass is 32.1. The van der Waals surface area contributed by atoms with Crippen LogP contribution in [0.15, 0.2) is 48.5 Å². The molecule has 0 saturated heterocycles. The van der Waals surface area contributed by atoms with Crippen molar-refractivity contribution in [1.29, 1.82) is 0 Å². The molecule has 0 bridgehead atoms. The van der Waals surface area contributed by atoms with Crippen LogP contribution in [0.5, 0.6) is 0 Å². The van der Waals surface area contributed by atoms with E-state index >= 15 is 0 Å². The first-order chi connectivity index (χ1) is 14.0. The molecule has 8 heteroatoms. The minimum atomic E-state index is -0.302. The van der Waals surface area contributed by atoms with Gasteiger partial charge in [-0.1, -0.05) is 41.2 Å². The van der Waals surface area contributed by atoms with E-state index in [1.54, 1.807) is 12.1 Å². The van der Waals surface area contributed by atoms with Gasteiger partial charge in [-0.05, 0) is 43.2 Å². The highest BCUT2D eigenvalue weighted by molar-refractivity contribution is 7.13. The average molecular weight is 412 g/mol. The van der Waals surface area contributed by atoms with Gasteiger partial charge in [0.25, 0.3) is 5.91 Å². The summed E-state index contributed by atoms with van der Waals surface area (Å²) in [6, 6.07) is 13.5. The van der Waals surface area contributed by atoms with E-state index in [1.807, 2.05) is 31.2 Å². The number of amides is 2. The highest BCUT2D eigenvalue weighted by Crippen LogP contribution is 2.15. The number of hydrogen-bond donors (Lipinski definition) is 2. The first-order valence-corrected chi connectivity index (χ1v) is 10.0. The van der Waals surface area contributed by atoms with E-state index in [0.717, 1.165) is 11.1 Å². The molecular weight excluding hydrogens is 391 g/mol. The number of nitrogens with one attached hydrogen (secondary N) is 2. The fraction of sp³-hybridized carbons (Fsp3) is 0.238. The van der Waals surface area contributed by atoms with Crippen molar-refractivity contribution in [2.75, 3.05) is 5.32 Å². The van der Waals surface area contributed by atoms with E-state index < -0.39 is 0 Å². The minimum absolute atomic E-state index is 0.0869. The zero-order chi connectivity index (χ0) is 20.6. The van der Waals surface area contributed by atoms with Crippen molar-refractivity contribution in [3.05, 3.63) is 75.5 Å². The van der Waals surface area contributed by atoms with Gasteiger partial charge in [-0.25, -0.2) is 4.39 Å². The number of anilines is 1. The molecule has 29 heavy (non-hydrogen) atoms. The summed E-state index contributed by atoms with van der Waals surface area (Å²) in [6.45, 7) is 2.34. The minimum Gasteiger partial charge on any atom is -0.352 e. The normalized spacial score (nSPS) is 10.6. The van der Waals surface area contributed by atoms with Crippen molar-refractivity contribution >= 4 is 28.8 Å². The third kappa shape index (κ3) is 6.46. The van der Waals surface area contributed by atoms with Gasteiger partial charge in [0, 0.05) is 25.1 Å². The Morgan fingerprint density at radius 2 is 1.76 bits per heavy atom. The summed E-state index contributed by atoms with van der Waals surface area (Å²) >= 11 is 1.23. The SMILES string of the molecule is Cc1ccc(NC(=O)c2nnc(CCCC(=O)NCc3ccc(F)cc3)s2)cc1. The molecule has 0 unspecified atom stereocenters. The summed E-state index contributed by atoms with van der Waals surface area (Å²) in [4.78, 5) is 24.2. The Morgan fingerprint density at radius 3 is 2.48 bits per heavy atom. The maximum Gasteiger partial charge on any atom is 0.286 e. The number of hydrogen-bond acceptors (Lipinski definition) is 5. The van der Waals surface area contributed by atoms with Crippen molar-refractivity contribution < 1.29 is 14.0 Å². The molecule has 0 aliphatic rings. The third-order valence-corrected chi connectivity index (χ3v) is 5.15. The molecular formula is C21H21FN4O2S. The van der Waals surface area contributed by atoms with Gasteiger partial charge in [0.05, 0.1) is 0 Å². The summed E-state index contributed by atoms with van der Waals surface area (Å²) in [5.41, 5.74) is 2.66. The second-order valence-electron chi connectivity index (χ2n) is 6.58. The number of aromatic nitrogens is 2. The standard InChI is InChI=1S/C21H21FN4O2S/c1-14-5-11-17(12-6-14)24-20(28)21-26-25-19(29-21)4-2-3-18(27)23-13-15-7-9-16(22)10-8-15/h5-12H,2-4,13H2,1H3,(H,23,27)(H,24,28). The Bertz CT molecular complexity index is 971. The molecule has 0 atom stereocenters. The summed E-state index contributed by atoms with van der Waals surface area (Å²) in [7, 11) is 0. The van der Waals surface area contributed by atoms with Gasteiger partial charge in [0.1, 0.15) is 10.8 Å². The van der Waals surface area contributed by atoms with E-state index in [1.165, 1.54) is 23.5 Å². The van der Waals surface area contributed by atoms with E-state index in [4.69, 9.17) is 0 Å². The van der Waals surface area contributed by atoms with Crippen molar-refractivity contribution in [2.45, 2.75) is 32.7 Å². The highest BCUT2D eigenvalue weighted by Gasteiger charge is 2.13. The second-order valence-corrected chi connectivity index (χ2v) is 7.64. The number of halogens is 1. The molecule has 0 spiro atoms. The molecule has 0 aliphatic heterocycles. The summed E-state index contributed by atoms with van der Waals surface area (Å²) in [5, 5.41) is 14.6. The Balaban J connectivity index is 1.40. The van der Waals surface area contributed by atoms with E-state index in [0.29, 0.717) is 41.5 Å². The summed E-state index contributed by atoms with van der Waals surface area (Å²) < 4.78 is 12.9. The molecule has 6 nitrogen and oxygen atoms in total. The number of nitrogens with zero attached hydrogens (tertiary/aromatic N) is 2. The van der Waals surface area contributed by atoms with Crippen LogP contribution in [-0.2, 0) is 17.8 Å². The van der Waals surface area contributed by atoms with E-state index in [9.17, 15) is 14.0 Å². The molecule has 3 rings (SSSR count). The maximum atomic E-state index is 12.9.